The molecule has 0 aromatic heterocycles. The summed E-state index contributed by atoms with van der Waals surface area (Å²) in [7, 11) is 0. The van der Waals surface area contributed by atoms with Crippen LogP contribution in [-0.2, 0) is 33.2 Å². The van der Waals surface area contributed by atoms with Crippen molar-refractivity contribution in [3.8, 4) is 0 Å². The predicted octanol–water partition coefficient (Wildman–Crippen LogP) is 7.38. The number of halogens is 21. The normalized spacial score (nSPS) is 15.0. The average Bonchev–Trinajstić information content (AvgIpc) is 2.89. The summed E-state index contributed by atoms with van der Waals surface area (Å²) >= 11 is 3.83. The fourth-order valence-corrected chi connectivity index (χ4v) is 3.84. The lowest BCUT2D eigenvalue weighted by molar-refractivity contribution is -0.467. The lowest BCUT2D eigenvalue weighted by Crippen LogP contribution is -2.69. The molecule has 7 nitrogen and oxygen atoms in total. The van der Waals surface area contributed by atoms with Crippen molar-refractivity contribution < 1.29 is 125 Å². The summed E-state index contributed by atoms with van der Waals surface area (Å²) in [6.45, 7) is -11.9. The molecular formula is C23H25F21O7S. The summed E-state index contributed by atoms with van der Waals surface area (Å²) in [4.78, 5) is 11.8. The van der Waals surface area contributed by atoms with E-state index in [1.54, 1.807) is 0 Å². The van der Waals surface area contributed by atoms with Crippen molar-refractivity contribution in [2.75, 3.05) is 71.8 Å². The molecule has 0 atom stereocenters. The van der Waals surface area contributed by atoms with Crippen LogP contribution < -0.4 is 0 Å². The second-order valence-electron chi connectivity index (χ2n) is 10.1. The zero-order valence-electron chi connectivity index (χ0n) is 25.2. The van der Waals surface area contributed by atoms with Crippen LogP contribution in [0.25, 0.3) is 0 Å². The van der Waals surface area contributed by atoms with Crippen molar-refractivity contribution in [2.45, 2.75) is 60.9 Å². The van der Waals surface area contributed by atoms with Gasteiger partial charge in [0.25, 0.3) is 0 Å². The third kappa shape index (κ3) is 12.7. The first-order valence-corrected chi connectivity index (χ1v) is 13.9. The van der Waals surface area contributed by atoms with Crippen molar-refractivity contribution in [2.24, 2.45) is 5.41 Å². The van der Waals surface area contributed by atoms with E-state index in [2.05, 4.69) is 26.8 Å². The number of ketones is 1. The minimum Gasteiger partial charge on any atom is -0.378 e. The summed E-state index contributed by atoms with van der Waals surface area (Å²) in [5.41, 5.74) is -19.5. The van der Waals surface area contributed by atoms with E-state index in [1.165, 1.54) is 0 Å². The van der Waals surface area contributed by atoms with Gasteiger partial charge in [0.2, 0.25) is 5.78 Å². The van der Waals surface area contributed by atoms with E-state index in [0.29, 0.717) is 5.75 Å². The number of carbonyl (C=O) groups is 1. The molecule has 0 bridgehead atoms. The first kappa shape index (κ1) is 50.3. The molecule has 0 rings (SSSR count). The SMILES string of the molecule is O=C(CC(COCCOCCOCCOCCS)(COC(C(F)(F)F)(C(F)(F)F)C(F)(F)F)COC(C(F)(F)F)(C(F)(F)F)C(F)(F)F)C(F)(F)F. The Morgan fingerprint density at radius 2 is 0.673 bits per heavy atom. The molecule has 0 aromatic carbocycles. The third-order valence-electron chi connectivity index (χ3n) is 6.20. The molecule has 0 spiro atoms. The first-order valence-electron chi connectivity index (χ1n) is 13.3. The second kappa shape index (κ2) is 18.3. The van der Waals surface area contributed by atoms with Gasteiger partial charge in [0, 0.05) is 17.6 Å². The Hall–Kier alpha value is -1.69. The van der Waals surface area contributed by atoms with Crippen molar-refractivity contribution >= 4 is 18.4 Å². The summed E-state index contributed by atoms with van der Waals surface area (Å²) in [6.07, 6.45) is -55.9. The standard InChI is InChI=1S/C23H25F21O7S/c24-15(25,26)13(45)9-14(10-49-6-5-47-2-1-46-3-4-48-7-8-52,11-50-16(18(27,28)29,19(30,31)32)20(33,34)35)12-51-17(21(36,37)38,22(39,40)41)23(42,43)44/h52H,1-12H2. The molecule has 52 heavy (non-hydrogen) atoms. The molecule has 0 unspecified atom stereocenters. The maximum Gasteiger partial charge on any atom is 0.449 e. The van der Waals surface area contributed by atoms with Crippen molar-refractivity contribution in [3.05, 3.63) is 0 Å². The van der Waals surface area contributed by atoms with E-state index in [-0.39, 0.29) is 26.4 Å². The molecule has 312 valence electrons. The lowest BCUT2D eigenvalue weighted by Gasteiger charge is -2.43. The Labute approximate surface area is 282 Å². The minimum absolute atomic E-state index is 0.0448. The summed E-state index contributed by atoms with van der Waals surface area (Å²) < 4.78 is 306. The molecule has 0 heterocycles. The van der Waals surface area contributed by atoms with E-state index >= 15 is 0 Å². The van der Waals surface area contributed by atoms with E-state index in [4.69, 9.17) is 14.2 Å². The van der Waals surface area contributed by atoms with Crippen molar-refractivity contribution in [1.29, 1.82) is 0 Å². The highest BCUT2D eigenvalue weighted by atomic mass is 32.1. The molecule has 0 aliphatic carbocycles. The number of hydrogen-bond donors (Lipinski definition) is 1. The summed E-state index contributed by atoms with van der Waals surface area (Å²) in [5.74, 6) is -3.18. The van der Waals surface area contributed by atoms with Gasteiger partial charge in [-0.3, -0.25) is 4.79 Å². The Kier molecular flexibility index (Phi) is 17.7. The predicted molar refractivity (Wildman–Crippen MR) is 129 cm³/mol. The number of ether oxygens (including phenoxy) is 6. The largest absolute Gasteiger partial charge is 0.449 e. The Morgan fingerprint density at radius 1 is 0.404 bits per heavy atom. The van der Waals surface area contributed by atoms with Crippen LogP contribution in [0.15, 0.2) is 0 Å². The zero-order valence-corrected chi connectivity index (χ0v) is 26.1. The lowest BCUT2D eigenvalue weighted by atomic mass is 9.83. The number of Topliss-reactive ketones (excluding diaryl/α,β-unsaturated/α-hetero) is 1. The number of hydrogen-bond acceptors (Lipinski definition) is 8. The topological polar surface area (TPSA) is 72.5 Å². The third-order valence-corrected chi connectivity index (χ3v) is 6.38. The molecule has 0 radical (unpaired) electrons. The summed E-state index contributed by atoms with van der Waals surface area (Å²) in [5, 5.41) is 0. The van der Waals surface area contributed by atoms with Gasteiger partial charge >= 0.3 is 54.4 Å². The van der Waals surface area contributed by atoms with Crippen LogP contribution in [0.5, 0.6) is 0 Å². The van der Waals surface area contributed by atoms with Gasteiger partial charge in [-0.25, -0.2) is 0 Å². The Morgan fingerprint density at radius 3 is 0.923 bits per heavy atom. The van der Waals surface area contributed by atoms with Gasteiger partial charge < -0.3 is 28.4 Å². The Balaban J connectivity index is 7.00. The monoisotopic (exact) mass is 844 g/mol. The van der Waals surface area contributed by atoms with Gasteiger partial charge in [0.05, 0.1) is 66.1 Å². The highest BCUT2D eigenvalue weighted by Crippen LogP contribution is 2.57. The van der Waals surface area contributed by atoms with Crippen LogP contribution in [0.3, 0.4) is 0 Å². The summed E-state index contributed by atoms with van der Waals surface area (Å²) in [6, 6.07) is 0. The van der Waals surface area contributed by atoms with Gasteiger partial charge in [0.15, 0.2) is 0 Å². The smallest absolute Gasteiger partial charge is 0.378 e. The molecule has 0 N–H and O–H groups in total. The number of thiol groups is 1. The van der Waals surface area contributed by atoms with E-state index in [9.17, 15) is 97.0 Å². The maximum atomic E-state index is 13.4. The number of carbonyl (C=O) groups excluding carboxylic acids is 1. The van der Waals surface area contributed by atoms with Crippen molar-refractivity contribution in [1.82, 2.24) is 0 Å². The number of alkyl halides is 21. The van der Waals surface area contributed by atoms with Gasteiger partial charge in [-0.1, -0.05) is 0 Å². The second-order valence-corrected chi connectivity index (χ2v) is 10.6. The molecule has 0 aliphatic rings. The molecule has 0 amide bonds. The fraction of sp³-hybridized carbons (Fsp3) is 0.957. The maximum absolute atomic E-state index is 13.4. The highest BCUT2D eigenvalue weighted by molar-refractivity contribution is 7.80. The van der Waals surface area contributed by atoms with E-state index in [1.807, 2.05) is 0 Å². The van der Waals surface area contributed by atoms with Crippen LogP contribution in [0, 0.1) is 5.41 Å². The van der Waals surface area contributed by atoms with Gasteiger partial charge in [-0.15, -0.1) is 0 Å². The zero-order chi connectivity index (χ0) is 41.3. The van der Waals surface area contributed by atoms with Crippen LogP contribution in [0.2, 0.25) is 0 Å². The van der Waals surface area contributed by atoms with Gasteiger partial charge in [-0.2, -0.15) is 105 Å². The highest BCUT2D eigenvalue weighted by Gasteiger charge is 2.87. The van der Waals surface area contributed by atoms with Gasteiger partial charge in [-0.05, 0) is 0 Å². The number of rotatable bonds is 21. The molecule has 0 saturated heterocycles. The van der Waals surface area contributed by atoms with Gasteiger partial charge in [0.1, 0.15) is 0 Å². The van der Waals surface area contributed by atoms with Crippen LogP contribution in [-0.4, -0.2) is 132 Å². The first-order chi connectivity index (χ1) is 23.1. The van der Waals surface area contributed by atoms with Crippen LogP contribution in [0.4, 0.5) is 92.2 Å². The average molecular weight is 844 g/mol. The van der Waals surface area contributed by atoms with E-state index < -0.39 is 112 Å². The molecule has 0 aromatic rings. The van der Waals surface area contributed by atoms with E-state index in [0.717, 1.165) is 0 Å². The van der Waals surface area contributed by atoms with Crippen molar-refractivity contribution in [3.63, 3.8) is 0 Å². The minimum atomic E-state index is -7.74. The molecule has 0 saturated carbocycles. The molecule has 0 aliphatic heterocycles. The Bertz CT molecular complexity index is 952. The van der Waals surface area contributed by atoms with Crippen LogP contribution >= 0.6 is 12.6 Å². The van der Waals surface area contributed by atoms with Crippen LogP contribution in [0.1, 0.15) is 6.42 Å². The fourth-order valence-electron chi connectivity index (χ4n) is 3.71. The quantitative estimate of drug-likeness (QED) is 0.0736. The molecular weight excluding hydrogens is 819 g/mol. The molecule has 29 heteroatoms. The molecule has 0 fully saturated rings.